The Balaban J connectivity index is 1.93. The molecule has 146 valence electrons. The van der Waals surface area contributed by atoms with Gasteiger partial charge in [-0.25, -0.2) is 4.98 Å². The summed E-state index contributed by atoms with van der Waals surface area (Å²) in [7, 11) is 0. The normalized spacial score (nSPS) is 11.1. The molecule has 2 aromatic carbocycles. The summed E-state index contributed by atoms with van der Waals surface area (Å²) in [6.45, 7) is 0.452. The van der Waals surface area contributed by atoms with Crippen molar-refractivity contribution in [2.45, 2.75) is 6.54 Å². The van der Waals surface area contributed by atoms with E-state index in [0.29, 0.717) is 12.2 Å². The van der Waals surface area contributed by atoms with Gasteiger partial charge >= 0.3 is 0 Å². The second-order valence-electron chi connectivity index (χ2n) is 7.03. The number of benzene rings is 2. The Kier molecular flexibility index (Phi) is 4.79. The minimum absolute atomic E-state index is 0.0252. The van der Waals surface area contributed by atoms with Gasteiger partial charge in [-0.3, -0.25) is 9.67 Å². The molecule has 0 saturated carbocycles. The maximum Gasteiger partial charge on any atom is 0.182 e. The van der Waals surface area contributed by atoms with Crippen LogP contribution in [-0.2, 0) is 6.54 Å². The van der Waals surface area contributed by atoms with Gasteiger partial charge in [-0.05, 0) is 23.3 Å². The van der Waals surface area contributed by atoms with Crippen LogP contribution in [0.4, 0.5) is 0 Å². The van der Waals surface area contributed by atoms with Gasteiger partial charge in [0.1, 0.15) is 0 Å². The highest BCUT2D eigenvalue weighted by Gasteiger charge is 2.21. The second kappa shape index (κ2) is 7.89. The Morgan fingerprint density at radius 2 is 1.37 bits per heavy atom. The quantitative estimate of drug-likeness (QED) is 0.466. The van der Waals surface area contributed by atoms with Crippen molar-refractivity contribution < 1.29 is 5.11 Å². The van der Waals surface area contributed by atoms with Gasteiger partial charge in [0.25, 0.3) is 0 Å². The summed E-state index contributed by atoms with van der Waals surface area (Å²) in [4.78, 5) is 9.18. The third-order valence-electron chi connectivity index (χ3n) is 5.12. The number of hydrogen-bond donors (Lipinski definition) is 1. The van der Waals surface area contributed by atoms with E-state index in [-0.39, 0.29) is 6.61 Å². The molecule has 5 heteroatoms. The zero-order valence-corrected chi connectivity index (χ0v) is 16.3. The molecule has 0 aliphatic heterocycles. The zero-order chi connectivity index (χ0) is 20.3. The van der Waals surface area contributed by atoms with Crippen molar-refractivity contribution >= 4 is 11.0 Å². The number of aliphatic hydroxyl groups excluding tert-OH is 1. The van der Waals surface area contributed by atoms with Gasteiger partial charge in [0.15, 0.2) is 5.65 Å². The fourth-order valence-corrected chi connectivity index (χ4v) is 3.81. The van der Waals surface area contributed by atoms with Gasteiger partial charge in [0.2, 0.25) is 0 Å². The van der Waals surface area contributed by atoms with E-state index in [1.807, 2.05) is 54.7 Å². The summed E-state index contributed by atoms with van der Waals surface area (Å²) in [6.07, 6.45) is 5.58. The van der Waals surface area contributed by atoms with Crippen molar-refractivity contribution in [1.29, 1.82) is 0 Å². The highest BCUT2D eigenvalue weighted by molar-refractivity contribution is 6.05. The van der Waals surface area contributed by atoms with Gasteiger partial charge in [-0.2, -0.15) is 5.10 Å². The molecule has 5 aromatic rings. The molecule has 0 saturated heterocycles. The molecule has 30 heavy (non-hydrogen) atoms. The molecule has 0 fully saturated rings. The van der Waals surface area contributed by atoms with Gasteiger partial charge in [0.05, 0.1) is 18.8 Å². The highest BCUT2D eigenvalue weighted by atomic mass is 16.3. The van der Waals surface area contributed by atoms with Crippen molar-refractivity contribution in [2.24, 2.45) is 0 Å². The van der Waals surface area contributed by atoms with Crippen molar-refractivity contribution in [1.82, 2.24) is 19.7 Å². The fourth-order valence-electron chi connectivity index (χ4n) is 3.81. The Hall–Kier alpha value is -3.83. The van der Waals surface area contributed by atoms with Gasteiger partial charge < -0.3 is 5.11 Å². The monoisotopic (exact) mass is 392 g/mol. The van der Waals surface area contributed by atoms with Gasteiger partial charge in [-0.15, -0.1) is 0 Å². The molecule has 0 bridgehead atoms. The molecule has 0 amide bonds. The predicted molar refractivity (Wildman–Crippen MR) is 119 cm³/mol. The van der Waals surface area contributed by atoms with Gasteiger partial charge in [-0.1, -0.05) is 60.7 Å². The summed E-state index contributed by atoms with van der Waals surface area (Å²) < 4.78 is 1.76. The van der Waals surface area contributed by atoms with E-state index in [0.717, 1.165) is 38.9 Å². The van der Waals surface area contributed by atoms with Crippen LogP contribution in [0.25, 0.3) is 44.5 Å². The van der Waals surface area contributed by atoms with Crippen LogP contribution in [0.5, 0.6) is 0 Å². The molecule has 5 rings (SSSR count). The first-order valence-electron chi connectivity index (χ1n) is 9.88. The Morgan fingerprint density at radius 1 is 0.733 bits per heavy atom. The molecule has 0 spiro atoms. The largest absolute Gasteiger partial charge is 0.394 e. The second-order valence-corrected chi connectivity index (χ2v) is 7.03. The number of fused-ring (bicyclic) bond motifs is 1. The lowest BCUT2D eigenvalue weighted by molar-refractivity contribution is 0.270. The molecule has 1 N–H and O–H groups in total. The highest BCUT2D eigenvalue weighted by Crippen LogP contribution is 2.42. The molecule has 3 aromatic heterocycles. The first-order chi connectivity index (χ1) is 14.8. The molecular formula is C25H20N4O. The van der Waals surface area contributed by atoms with Crippen LogP contribution in [0.1, 0.15) is 0 Å². The van der Waals surface area contributed by atoms with Crippen molar-refractivity contribution in [3.05, 3.63) is 91.4 Å². The van der Waals surface area contributed by atoms with Crippen LogP contribution in [0.3, 0.4) is 0 Å². The number of rotatable bonds is 5. The van der Waals surface area contributed by atoms with Crippen LogP contribution >= 0.6 is 0 Å². The summed E-state index contributed by atoms with van der Waals surface area (Å²) >= 11 is 0. The molecular weight excluding hydrogens is 372 g/mol. The Morgan fingerprint density at radius 3 is 2.03 bits per heavy atom. The number of aromatic nitrogens is 4. The van der Waals surface area contributed by atoms with Crippen LogP contribution in [0.15, 0.2) is 91.4 Å². The summed E-state index contributed by atoms with van der Waals surface area (Å²) in [6, 6.07) is 24.5. The zero-order valence-electron chi connectivity index (χ0n) is 16.3. The maximum atomic E-state index is 9.41. The molecule has 5 nitrogen and oxygen atoms in total. The lowest BCUT2D eigenvalue weighted by Gasteiger charge is -2.16. The molecule has 0 atom stereocenters. The van der Waals surface area contributed by atoms with Crippen LogP contribution in [-0.4, -0.2) is 31.5 Å². The number of pyridine rings is 2. The average Bonchev–Trinajstić information content (AvgIpc) is 3.22. The summed E-state index contributed by atoms with van der Waals surface area (Å²) in [5.74, 6) is 0. The molecule has 0 aliphatic carbocycles. The lowest BCUT2D eigenvalue weighted by Crippen LogP contribution is -2.01. The van der Waals surface area contributed by atoms with E-state index < -0.39 is 0 Å². The molecule has 0 radical (unpaired) electrons. The minimum atomic E-state index is 0.0252. The van der Waals surface area contributed by atoms with E-state index in [2.05, 4.69) is 34.3 Å². The Labute approximate surface area is 174 Å². The van der Waals surface area contributed by atoms with E-state index in [4.69, 9.17) is 4.98 Å². The number of nitrogens with zero attached hydrogens (tertiary/aromatic N) is 4. The summed E-state index contributed by atoms with van der Waals surface area (Å²) in [5, 5.41) is 15.0. The topological polar surface area (TPSA) is 63.8 Å². The Bertz CT molecular complexity index is 1280. The third-order valence-corrected chi connectivity index (χ3v) is 5.12. The first-order valence-corrected chi connectivity index (χ1v) is 9.88. The fraction of sp³-hybridized carbons (Fsp3) is 0.0800. The van der Waals surface area contributed by atoms with Crippen molar-refractivity contribution in [2.75, 3.05) is 6.61 Å². The van der Waals surface area contributed by atoms with E-state index in [1.165, 1.54) is 0 Å². The maximum absolute atomic E-state index is 9.41. The van der Waals surface area contributed by atoms with Crippen LogP contribution in [0, 0.1) is 0 Å². The van der Waals surface area contributed by atoms with E-state index in [1.54, 1.807) is 17.1 Å². The lowest BCUT2D eigenvalue weighted by atomic mass is 9.90. The number of aliphatic hydroxyl groups is 1. The van der Waals surface area contributed by atoms with Crippen molar-refractivity contribution in [3.63, 3.8) is 0 Å². The standard InChI is InChI=1S/C25H20N4O/c30-16-15-29-17-21-22(18-7-3-1-4-8-18)23(19-11-13-26-14-12-19)24(27-25(21)28-29)20-9-5-2-6-10-20/h1-14,17,30H,15-16H2. The van der Waals surface area contributed by atoms with Crippen LogP contribution < -0.4 is 0 Å². The van der Waals surface area contributed by atoms with Gasteiger partial charge in [0, 0.05) is 40.7 Å². The van der Waals surface area contributed by atoms with Crippen molar-refractivity contribution in [3.8, 4) is 33.5 Å². The molecule has 0 aliphatic rings. The van der Waals surface area contributed by atoms with Crippen LogP contribution in [0.2, 0.25) is 0 Å². The first kappa shape index (κ1) is 18.2. The van der Waals surface area contributed by atoms with E-state index >= 15 is 0 Å². The number of hydrogen-bond acceptors (Lipinski definition) is 4. The average molecular weight is 392 g/mol. The predicted octanol–water partition coefficient (Wildman–Crippen LogP) is 4.82. The molecule has 0 unspecified atom stereocenters. The minimum Gasteiger partial charge on any atom is -0.394 e. The SMILES string of the molecule is OCCn1cc2c(-c3ccccc3)c(-c3ccncc3)c(-c3ccccc3)nc2n1. The third kappa shape index (κ3) is 3.25. The van der Waals surface area contributed by atoms with E-state index in [9.17, 15) is 5.11 Å². The summed E-state index contributed by atoms with van der Waals surface area (Å²) in [5.41, 5.74) is 6.84. The smallest absolute Gasteiger partial charge is 0.182 e. The molecule has 3 heterocycles.